The largest absolute Gasteiger partial charge is 0.371 e. The van der Waals surface area contributed by atoms with Crippen LogP contribution in [0.1, 0.15) is 27.6 Å². The van der Waals surface area contributed by atoms with Crippen molar-refractivity contribution < 1.29 is 9.53 Å². The molecule has 0 amide bonds. The number of rotatable bonds is 3. The molecule has 0 aromatic heterocycles. The molecule has 1 unspecified atom stereocenters. The number of halogens is 1. The first-order chi connectivity index (χ1) is 10.3. The molecule has 0 spiro atoms. The molecule has 1 saturated heterocycles. The summed E-state index contributed by atoms with van der Waals surface area (Å²) >= 11 is 3.51. The fourth-order valence-electron chi connectivity index (χ4n) is 2.44. The molecule has 4 heteroatoms. The summed E-state index contributed by atoms with van der Waals surface area (Å²) in [7, 11) is 0. The van der Waals surface area contributed by atoms with Crippen molar-refractivity contribution in [2.24, 2.45) is 0 Å². The van der Waals surface area contributed by atoms with Crippen molar-refractivity contribution in [2.45, 2.75) is 6.10 Å². The summed E-state index contributed by atoms with van der Waals surface area (Å²) in [5, 5.41) is 3.31. The molecule has 1 aliphatic heterocycles. The van der Waals surface area contributed by atoms with E-state index in [2.05, 4.69) is 21.2 Å². The van der Waals surface area contributed by atoms with Gasteiger partial charge < -0.3 is 10.1 Å². The van der Waals surface area contributed by atoms with Crippen LogP contribution in [0.3, 0.4) is 0 Å². The Labute approximate surface area is 132 Å². The summed E-state index contributed by atoms with van der Waals surface area (Å²) in [5.41, 5.74) is 2.45. The van der Waals surface area contributed by atoms with Gasteiger partial charge in [-0.2, -0.15) is 0 Å². The van der Waals surface area contributed by atoms with Crippen LogP contribution in [-0.4, -0.2) is 25.5 Å². The van der Waals surface area contributed by atoms with Crippen molar-refractivity contribution in [3.05, 3.63) is 69.7 Å². The van der Waals surface area contributed by atoms with Crippen LogP contribution < -0.4 is 5.32 Å². The Morgan fingerprint density at radius 2 is 2.00 bits per heavy atom. The summed E-state index contributed by atoms with van der Waals surface area (Å²) in [6, 6.07) is 15.1. The molecule has 3 nitrogen and oxygen atoms in total. The van der Waals surface area contributed by atoms with Gasteiger partial charge in [0, 0.05) is 28.7 Å². The van der Waals surface area contributed by atoms with Gasteiger partial charge in [0.25, 0.3) is 0 Å². The number of carbonyl (C=O) groups is 1. The number of nitrogens with one attached hydrogen (secondary N) is 1. The van der Waals surface area contributed by atoms with Gasteiger partial charge in [-0.1, -0.05) is 52.3 Å². The summed E-state index contributed by atoms with van der Waals surface area (Å²) < 4.78 is 6.54. The molecule has 2 aromatic carbocycles. The zero-order valence-corrected chi connectivity index (χ0v) is 13.1. The molecule has 0 radical (unpaired) electrons. The topological polar surface area (TPSA) is 38.3 Å². The van der Waals surface area contributed by atoms with Crippen molar-refractivity contribution in [1.82, 2.24) is 5.32 Å². The molecular formula is C17H16BrNO2. The van der Waals surface area contributed by atoms with Gasteiger partial charge in [0.2, 0.25) is 0 Å². The van der Waals surface area contributed by atoms with Gasteiger partial charge >= 0.3 is 0 Å². The summed E-state index contributed by atoms with van der Waals surface area (Å²) in [4.78, 5) is 12.5. The fourth-order valence-corrected chi connectivity index (χ4v) is 3.02. The number of carbonyl (C=O) groups excluding carboxylic acids is 1. The molecule has 21 heavy (non-hydrogen) atoms. The Morgan fingerprint density at radius 3 is 2.67 bits per heavy atom. The van der Waals surface area contributed by atoms with Gasteiger partial charge in [0.1, 0.15) is 0 Å². The second-order valence-corrected chi connectivity index (χ2v) is 5.85. The van der Waals surface area contributed by atoms with Gasteiger partial charge in [-0.05, 0) is 17.7 Å². The van der Waals surface area contributed by atoms with Crippen LogP contribution in [0.5, 0.6) is 0 Å². The van der Waals surface area contributed by atoms with E-state index in [1.54, 1.807) is 0 Å². The minimum absolute atomic E-state index is 0.0247. The number of morpholine rings is 1. The third-order valence-corrected chi connectivity index (χ3v) is 4.23. The normalized spacial score (nSPS) is 18.4. The van der Waals surface area contributed by atoms with Gasteiger partial charge in [-0.15, -0.1) is 0 Å². The van der Waals surface area contributed by atoms with E-state index >= 15 is 0 Å². The Kier molecular flexibility index (Phi) is 4.48. The Bertz CT molecular complexity index is 636. The Morgan fingerprint density at radius 1 is 1.19 bits per heavy atom. The van der Waals surface area contributed by atoms with Crippen LogP contribution in [0, 0.1) is 0 Å². The zero-order valence-electron chi connectivity index (χ0n) is 11.5. The predicted molar refractivity (Wildman–Crippen MR) is 85.6 cm³/mol. The lowest BCUT2D eigenvalue weighted by atomic mass is 10.00. The smallest absolute Gasteiger partial charge is 0.194 e. The van der Waals surface area contributed by atoms with Crippen molar-refractivity contribution >= 4 is 21.7 Å². The fraction of sp³-hybridized carbons (Fsp3) is 0.235. The molecule has 0 bridgehead atoms. The average Bonchev–Trinajstić information content (AvgIpc) is 2.56. The van der Waals surface area contributed by atoms with E-state index in [1.165, 1.54) is 0 Å². The molecular weight excluding hydrogens is 330 g/mol. The number of benzene rings is 2. The second-order valence-electron chi connectivity index (χ2n) is 5.00. The first-order valence-electron chi connectivity index (χ1n) is 6.97. The molecule has 3 rings (SSSR count). The first-order valence-corrected chi connectivity index (χ1v) is 7.76. The summed E-state index contributed by atoms with van der Waals surface area (Å²) in [6.45, 7) is 2.41. The van der Waals surface area contributed by atoms with Gasteiger partial charge in [-0.3, -0.25) is 4.79 Å². The minimum atomic E-state index is 0.0247. The van der Waals surface area contributed by atoms with E-state index in [1.807, 2.05) is 48.5 Å². The van der Waals surface area contributed by atoms with Gasteiger partial charge in [0.15, 0.2) is 5.78 Å². The lowest BCUT2D eigenvalue weighted by molar-refractivity contribution is 0.0276. The summed E-state index contributed by atoms with van der Waals surface area (Å²) in [6.07, 6.45) is 0.0518. The maximum Gasteiger partial charge on any atom is 0.194 e. The molecule has 1 atom stereocenters. The molecule has 108 valence electrons. The van der Waals surface area contributed by atoms with Crippen molar-refractivity contribution in [3.63, 3.8) is 0 Å². The van der Waals surface area contributed by atoms with Gasteiger partial charge in [0.05, 0.1) is 12.7 Å². The molecule has 0 saturated carbocycles. The lowest BCUT2D eigenvalue weighted by Crippen LogP contribution is -2.33. The maximum atomic E-state index is 12.5. The highest BCUT2D eigenvalue weighted by molar-refractivity contribution is 9.10. The van der Waals surface area contributed by atoms with Crippen LogP contribution in [-0.2, 0) is 4.74 Å². The lowest BCUT2D eigenvalue weighted by Gasteiger charge is -2.24. The predicted octanol–water partition coefficient (Wildman–Crippen LogP) is 3.34. The maximum absolute atomic E-state index is 12.5. The monoisotopic (exact) mass is 345 g/mol. The quantitative estimate of drug-likeness (QED) is 0.867. The third kappa shape index (κ3) is 3.23. The molecule has 1 aliphatic rings. The first kappa shape index (κ1) is 14.4. The van der Waals surface area contributed by atoms with E-state index in [4.69, 9.17) is 4.74 Å². The van der Waals surface area contributed by atoms with Gasteiger partial charge in [-0.25, -0.2) is 0 Å². The molecule has 1 N–H and O–H groups in total. The van der Waals surface area contributed by atoms with Crippen LogP contribution in [0.4, 0.5) is 0 Å². The highest BCUT2D eigenvalue weighted by Gasteiger charge is 2.18. The SMILES string of the molecule is O=C(c1ccccc1)c1ccc(C2CNCCO2)cc1Br. The number of ether oxygens (including phenoxy) is 1. The highest BCUT2D eigenvalue weighted by Crippen LogP contribution is 2.26. The van der Waals surface area contributed by atoms with Crippen molar-refractivity contribution in [2.75, 3.05) is 19.7 Å². The number of hydrogen-bond acceptors (Lipinski definition) is 3. The minimum Gasteiger partial charge on any atom is -0.371 e. The van der Waals surface area contributed by atoms with Crippen LogP contribution in [0.25, 0.3) is 0 Å². The van der Waals surface area contributed by atoms with Crippen LogP contribution in [0.15, 0.2) is 53.0 Å². The van der Waals surface area contributed by atoms with E-state index in [0.29, 0.717) is 17.7 Å². The van der Waals surface area contributed by atoms with E-state index in [0.717, 1.165) is 23.1 Å². The number of ketones is 1. The molecule has 1 fully saturated rings. The van der Waals surface area contributed by atoms with Crippen molar-refractivity contribution in [3.8, 4) is 0 Å². The van der Waals surface area contributed by atoms with E-state index < -0.39 is 0 Å². The Hall–Kier alpha value is -1.49. The molecule has 1 heterocycles. The van der Waals surface area contributed by atoms with Crippen molar-refractivity contribution in [1.29, 1.82) is 0 Å². The average molecular weight is 346 g/mol. The molecule has 0 aliphatic carbocycles. The van der Waals surface area contributed by atoms with Crippen LogP contribution >= 0.6 is 15.9 Å². The molecule has 2 aromatic rings. The van der Waals surface area contributed by atoms with E-state index in [-0.39, 0.29) is 11.9 Å². The standard InChI is InChI=1S/C17H16BrNO2/c18-15-10-13(16-11-19-8-9-21-16)6-7-14(15)17(20)12-4-2-1-3-5-12/h1-7,10,16,19H,8-9,11H2. The third-order valence-electron chi connectivity index (χ3n) is 3.57. The zero-order chi connectivity index (χ0) is 14.7. The van der Waals surface area contributed by atoms with Crippen LogP contribution in [0.2, 0.25) is 0 Å². The highest BCUT2D eigenvalue weighted by atomic mass is 79.9. The summed E-state index contributed by atoms with van der Waals surface area (Å²) in [5.74, 6) is 0.0247. The Balaban J connectivity index is 1.86. The van der Waals surface area contributed by atoms with E-state index in [9.17, 15) is 4.79 Å². The second kappa shape index (κ2) is 6.52. The number of hydrogen-bond donors (Lipinski definition) is 1.